The molecule has 42 heavy (non-hydrogen) atoms. The largest absolute Gasteiger partial charge is 0.455 e. The first-order chi connectivity index (χ1) is 20.7. The molecule has 0 N–H and O–H groups in total. The molecule has 0 spiro atoms. The third kappa shape index (κ3) is 3.32. The number of aryl methyl sites for hydroxylation is 1. The van der Waals surface area contributed by atoms with Crippen LogP contribution in [0.3, 0.4) is 0 Å². The zero-order valence-electron chi connectivity index (χ0n) is 22.8. The second-order valence-electron chi connectivity index (χ2n) is 10.8. The maximum atomic E-state index is 6.53. The average Bonchev–Trinajstić information content (AvgIpc) is 3.72. The van der Waals surface area contributed by atoms with Gasteiger partial charge < -0.3 is 13.4 Å². The lowest BCUT2D eigenvalue weighted by Crippen LogP contribution is -1.91. The van der Waals surface area contributed by atoms with Crippen LogP contribution in [-0.2, 0) is 7.05 Å². The third-order valence-electron chi connectivity index (χ3n) is 8.41. The summed E-state index contributed by atoms with van der Waals surface area (Å²) in [7, 11) is 2.08. The SMILES string of the molecule is Cn1c(-c2ccccc2)nc2cc(-c3cccc(-c4cc5c6ccccc6oc5c5c4oc4ccccc45)c3)ccc21. The van der Waals surface area contributed by atoms with Crippen LogP contribution in [0.15, 0.2) is 136 Å². The smallest absolute Gasteiger partial charge is 0.147 e. The molecule has 0 radical (unpaired) electrons. The van der Waals surface area contributed by atoms with E-state index in [0.29, 0.717) is 0 Å². The number of rotatable bonds is 3. The van der Waals surface area contributed by atoms with Crippen LogP contribution in [0.1, 0.15) is 0 Å². The Morgan fingerprint density at radius 1 is 0.524 bits per heavy atom. The van der Waals surface area contributed by atoms with Crippen molar-refractivity contribution in [3.63, 3.8) is 0 Å². The molecule has 0 saturated heterocycles. The number of fused-ring (bicyclic) bond motifs is 8. The van der Waals surface area contributed by atoms with Gasteiger partial charge in [0.25, 0.3) is 0 Å². The van der Waals surface area contributed by atoms with E-state index in [9.17, 15) is 0 Å². The van der Waals surface area contributed by atoms with E-state index < -0.39 is 0 Å². The molecule has 4 heteroatoms. The van der Waals surface area contributed by atoms with Gasteiger partial charge in [-0.05, 0) is 53.1 Å². The van der Waals surface area contributed by atoms with Crippen molar-refractivity contribution >= 4 is 54.9 Å². The average molecular weight is 541 g/mol. The molecule has 0 unspecified atom stereocenters. The van der Waals surface area contributed by atoms with Crippen LogP contribution >= 0.6 is 0 Å². The van der Waals surface area contributed by atoms with Crippen LogP contribution < -0.4 is 0 Å². The summed E-state index contributed by atoms with van der Waals surface area (Å²) in [6.45, 7) is 0. The quantitative estimate of drug-likeness (QED) is 0.224. The van der Waals surface area contributed by atoms with E-state index in [-0.39, 0.29) is 0 Å². The van der Waals surface area contributed by atoms with Gasteiger partial charge in [0.15, 0.2) is 0 Å². The highest BCUT2D eigenvalue weighted by Crippen LogP contribution is 2.44. The molecule has 198 valence electrons. The number of imidazole rings is 1. The van der Waals surface area contributed by atoms with Crippen molar-refractivity contribution < 1.29 is 8.83 Å². The highest BCUT2D eigenvalue weighted by molar-refractivity contribution is 6.25. The van der Waals surface area contributed by atoms with Gasteiger partial charge in [0, 0.05) is 34.3 Å². The Morgan fingerprint density at radius 2 is 1.19 bits per heavy atom. The standard InChI is InChI=1S/C38H24N2O2/c1-40-32-19-18-25(21-31(32)39-38(40)23-10-3-2-4-11-23)24-12-9-13-26(20-24)29-22-30-27-14-5-7-16-33(27)41-37(30)35-28-15-6-8-17-34(28)42-36(29)35/h2-22H,1H3. The van der Waals surface area contributed by atoms with Crippen LogP contribution in [0, 0.1) is 0 Å². The fourth-order valence-corrected chi connectivity index (χ4v) is 6.37. The molecule has 0 aliphatic carbocycles. The molecule has 0 aliphatic rings. The maximum absolute atomic E-state index is 6.53. The van der Waals surface area contributed by atoms with Crippen molar-refractivity contribution in [2.24, 2.45) is 7.05 Å². The van der Waals surface area contributed by atoms with Gasteiger partial charge in [-0.15, -0.1) is 0 Å². The molecular formula is C38H24N2O2. The second-order valence-corrected chi connectivity index (χ2v) is 10.8. The summed E-state index contributed by atoms with van der Waals surface area (Å²) in [6, 6.07) is 44.2. The molecule has 9 aromatic rings. The first-order valence-corrected chi connectivity index (χ1v) is 14.1. The van der Waals surface area contributed by atoms with Crippen LogP contribution in [0.25, 0.3) is 88.6 Å². The summed E-state index contributed by atoms with van der Waals surface area (Å²) in [6.07, 6.45) is 0. The summed E-state index contributed by atoms with van der Waals surface area (Å²) < 4.78 is 15.1. The van der Waals surface area contributed by atoms with E-state index in [2.05, 4.69) is 96.5 Å². The van der Waals surface area contributed by atoms with Gasteiger partial charge in [-0.1, -0.05) is 91.0 Å². The van der Waals surface area contributed by atoms with Gasteiger partial charge in [0.1, 0.15) is 28.2 Å². The summed E-state index contributed by atoms with van der Waals surface area (Å²) in [5.41, 5.74) is 11.0. The molecule has 0 saturated carbocycles. The van der Waals surface area contributed by atoms with Crippen molar-refractivity contribution in [3.05, 3.63) is 127 Å². The minimum atomic E-state index is 0.840. The van der Waals surface area contributed by atoms with Gasteiger partial charge >= 0.3 is 0 Å². The molecule has 0 amide bonds. The molecule has 0 aliphatic heterocycles. The molecule has 6 aromatic carbocycles. The highest BCUT2D eigenvalue weighted by atomic mass is 16.3. The molecule has 4 nitrogen and oxygen atoms in total. The zero-order chi connectivity index (χ0) is 27.8. The van der Waals surface area contributed by atoms with Crippen molar-refractivity contribution in [1.82, 2.24) is 9.55 Å². The van der Waals surface area contributed by atoms with Crippen molar-refractivity contribution in [1.29, 1.82) is 0 Å². The molecule has 3 heterocycles. The van der Waals surface area contributed by atoms with E-state index in [4.69, 9.17) is 13.8 Å². The lowest BCUT2D eigenvalue weighted by atomic mass is 9.95. The fourth-order valence-electron chi connectivity index (χ4n) is 6.37. The zero-order valence-corrected chi connectivity index (χ0v) is 22.8. The number of hydrogen-bond donors (Lipinski definition) is 0. The Morgan fingerprint density at radius 3 is 2.05 bits per heavy atom. The third-order valence-corrected chi connectivity index (χ3v) is 8.41. The van der Waals surface area contributed by atoms with Gasteiger partial charge in [-0.3, -0.25) is 0 Å². The number of nitrogens with zero attached hydrogens (tertiary/aromatic N) is 2. The molecule has 9 rings (SSSR count). The number of para-hydroxylation sites is 2. The summed E-state index contributed by atoms with van der Waals surface area (Å²) in [5.74, 6) is 0.962. The van der Waals surface area contributed by atoms with Crippen molar-refractivity contribution in [2.75, 3.05) is 0 Å². The highest BCUT2D eigenvalue weighted by Gasteiger charge is 2.21. The molecule has 0 bridgehead atoms. The monoisotopic (exact) mass is 540 g/mol. The van der Waals surface area contributed by atoms with Crippen LogP contribution in [0.2, 0.25) is 0 Å². The summed E-state index contributed by atoms with van der Waals surface area (Å²) >= 11 is 0. The normalized spacial score (nSPS) is 11.9. The Hall–Kier alpha value is -5.61. The first-order valence-electron chi connectivity index (χ1n) is 14.1. The van der Waals surface area contributed by atoms with Gasteiger partial charge in [0.2, 0.25) is 0 Å². The molecule has 3 aromatic heterocycles. The predicted molar refractivity (Wildman–Crippen MR) is 172 cm³/mol. The Kier molecular flexibility index (Phi) is 4.79. The van der Waals surface area contributed by atoms with Crippen molar-refractivity contribution in [3.8, 4) is 33.6 Å². The van der Waals surface area contributed by atoms with Crippen LogP contribution in [0.4, 0.5) is 0 Å². The lowest BCUT2D eigenvalue weighted by molar-refractivity contribution is 0.663. The van der Waals surface area contributed by atoms with Crippen molar-refractivity contribution in [2.45, 2.75) is 0 Å². The maximum Gasteiger partial charge on any atom is 0.147 e. The fraction of sp³-hybridized carbons (Fsp3) is 0.0263. The number of benzene rings is 6. The lowest BCUT2D eigenvalue weighted by Gasteiger charge is -2.08. The van der Waals surface area contributed by atoms with Gasteiger partial charge in [0.05, 0.1) is 16.4 Å². The Bertz CT molecular complexity index is 2480. The van der Waals surface area contributed by atoms with Crippen LogP contribution in [-0.4, -0.2) is 9.55 Å². The van der Waals surface area contributed by atoms with E-state index >= 15 is 0 Å². The topological polar surface area (TPSA) is 44.1 Å². The van der Waals surface area contributed by atoms with Gasteiger partial charge in [-0.2, -0.15) is 0 Å². The first kappa shape index (κ1) is 23.1. The minimum absolute atomic E-state index is 0.840. The molecule has 0 fully saturated rings. The van der Waals surface area contributed by atoms with Crippen LogP contribution in [0.5, 0.6) is 0 Å². The predicted octanol–water partition coefficient (Wildman–Crippen LogP) is 10.4. The number of hydrogen-bond acceptors (Lipinski definition) is 3. The summed E-state index contributed by atoms with van der Waals surface area (Å²) in [5, 5.41) is 4.27. The number of aromatic nitrogens is 2. The van der Waals surface area contributed by atoms with Gasteiger partial charge in [-0.25, -0.2) is 4.98 Å². The molecule has 0 atom stereocenters. The van der Waals surface area contributed by atoms with E-state index in [1.54, 1.807) is 0 Å². The Balaban J connectivity index is 1.25. The van der Waals surface area contributed by atoms with E-state index in [0.717, 1.165) is 88.6 Å². The molecular weight excluding hydrogens is 516 g/mol. The summed E-state index contributed by atoms with van der Waals surface area (Å²) in [4.78, 5) is 5.01. The van der Waals surface area contributed by atoms with E-state index in [1.165, 1.54) is 0 Å². The number of furan rings is 2. The van der Waals surface area contributed by atoms with E-state index in [1.807, 2.05) is 42.5 Å². The minimum Gasteiger partial charge on any atom is -0.455 e. The Labute approximate surface area is 241 Å². The second kappa shape index (κ2) is 8.69.